The lowest BCUT2D eigenvalue weighted by atomic mass is 10.2. The van der Waals surface area contributed by atoms with Gasteiger partial charge >= 0.3 is 18.0 Å². The number of anilines is 2. The van der Waals surface area contributed by atoms with E-state index in [0.29, 0.717) is 16.0 Å². The molecule has 2 rings (SSSR count). The van der Waals surface area contributed by atoms with Gasteiger partial charge < -0.3 is 36.2 Å². The molecule has 196 valence electrons. The van der Waals surface area contributed by atoms with E-state index in [-0.39, 0.29) is 32.0 Å². The average Bonchev–Trinajstić information content (AvgIpc) is 3.34. The van der Waals surface area contributed by atoms with Gasteiger partial charge in [0.1, 0.15) is 11.3 Å². The molecule has 0 spiro atoms. The van der Waals surface area contributed by atoms with Crippen LogP contribution < -0.4 is 16.8 Å². The van der Waals surface area contributed by atoms with Gasteiger partial charge in [-0.2, -0.15) is 0 Å². The van der Waals surface area contributed by atoms with E-state index in [0.717, 1.165) is 11.3 Å². The number of carbonyl (C=O) groups excluding carboxylic acids is 3. The minimum Gasteiger partial charge on any atom is -0.464 e. The molecule has 0 bridgehead atoms. The van der Waals surface area contributed by atoms with E-state index < -0.39 is 29.7 Å². The van der Waals surface area contributed by atoms with Crippen molar-refractivity contribution < 1.29 is 33.8 Å². The topological polar surface area (TPSA) is 201 Å². The highest BCUT2D eigenvalue weighted by molar-refractivity contribution is 7.14. The zero-order valence-electron chi connectivity index (χ0n) is 19.4. The third-order valence-corrected chi connectivity index (χ3v) is 4.72. The summed E-state index contributed by atoms with van der Waals surface area (Å²) in [5.41, 5.74) is 10.5. The Bertz CT molecular complexity index is 1000. The summed E-state index contributed by atoms with van der Waals surface area (Å²) in [6.07, 6.45) is -0.720. The van der Waals surface area contributed by atoms with Crippen molar-refractivity contribution in [2.24, 2.45) is 5.16 Å². The largest absolute Gasteiger partial charge is 0.464 e. The Labute approximate surface area is 211 Å². The normalized spacial score (nSPS) is 11.7. The van der Waals surface area contributed by atoms with Crippen molar-refractivity contribution in [2.45, 2.75) is 53.7 Å². The number of hydrogen-bond acceptors (Lipinski definition) is 14. The monoisotopic (exact) mass is 532 g/mol. The number of nitrogen functional groups attached to an aromatic ring is 2. The first-order chi connectivity index (χ1) is 15.9. The molecule has 1 amide bonds. The quantitative estimate of drug-likeness (QED) is 0.134. The number of ether oxygens (including phenoxy) is 3. The Morgan fingerprint density at radius 3 is 2.09 bits per heavy atom. The molecule has 0 saturated carbocycles. The predicted octanol–water partition coefficient (Wildman–Crippen LogP) is 2.96. The number of esters is 2. The number of nitrogens with zero attached hydrogens (tertiary/aromatic N) is 3. The molecule has 1 atom stereocenters. The number of hydrogen-bond donors (Lipinski definition) is 4. The highest BCUT2D eigenvalue weighted by Crippen LogP contribution is 2.20. The molecular formula is C20H32N6O7S2. The van der Waals surface area contributed by atoms with Crippen molar-refractivity contribution in [1.82, 2.24) is 15.3 Å². The molecule has 35 heavy (non-hydrogen) atoms. The Kier molecular flexibility index (Phi) is 13.3. The lowest BCUT2D eigenvalue weighted by Gasteiger charge is -2.22. The summed E-state index contributed by atoms with van der Waals surface area (Å²) in [6, 6.07) is -1.03. The van der Waals surface area contributed by atoms with Gasteiger partial charge in [0.05, 0.1) is 18.9 Å². The SMILES string of the molecule is C.CCOC(=O)/C(=N\O)c1csc(N)n1.CCOC(=O)C(NC(=O)OC(C)(C)C)c1csc(N)n1. The van der Waals surface area contributed by atoms with Crippen LogP contribution in [0.4, 0.5) is 15.1 Å². The Morgan fingerprint density at radius 2 is 1.66 bits per heavy atom. The van der Waals surface area contributed by atoms with Crippen LogP contribution in [0.25, 0.3) is 0 Å². The molecule has 0 aliphatic rings. The number of oxime groups is 1. The summed E-state index contributed by atoms with van der Waals surface area (Å²) in [4.78, 5) is 42.6. The van der Waals surface area contributed by atoms with Crippen molar-refractivity contribution in [3.63, 3.8) is 0 Å². The number of nitrogens with two attached hydrogens (primary N) is 2. The van der Waals surface area contributed by atoms with E-state index in [9.17, 15) is 14.4 Å². The van der Waals surface area contributed by atoms with Gasteiger partial charge in [0.15, 0.2) is 16.3 Å². The van der Waals surface area contributed by atoms with Crippen LogP contribution in [0.1, 0.15) is 59.5 Å². The number of nitrogens with one attached hydrogen (secondary N) is 1. The summed E-state index contributed by atoms with van der Waals surface area (Å²) in [5, 5.41) is 17.6. The fourth-order valence-corrected chi connectivity index (χ4v) is 3.27. The Hall–Kier alpha value is -3.46. The summed E-state index contributed by atoms with van der Waals surface area (Å²) in [7, 11) is 0. The van der Waals surface area contributed by atoms with Gasteiger partial charge in [-0.05, 0) is 34.6 Å². The standard InChI is InChI=1S/C12H19N3O4S.C7H9N3O3S.CH4/c1-5-18-9(16)8(7-6-20-10(13)14-7)15-11(17)19-12(2,3)4;1-2-13-6(11)5(10-12)4-3-14-7(8)9-4;/h6,8H,5H2,1-4H3,(H2,13,14)(H,15,17);3,12H,2H2,1H3,(H2,8,9);1H4/b;10-5-;. The highest BCUT2D eigenvalue weighted by atomic mass is 32.1. The molecule has 2 heterocycles. The summed E-state index contributed by atoms with van der Waals surface area (Å²) >= 11 is 2.33. The van der Waals surface area contributed by atoms with Crippen LogP contribution >= 0.6 is 22.7 Å². The third kappa shape index (κ3) is 11.0. The summed E-state index contributed by atoms with van der Waals surface area (Å²) < 4.78 is 14.7. The lowest BCUT2D eigenvalue weighted by Crippen LogP contribution is -2.39. The maximum Gasteiger partial charge on any atom is 0.408 e. The Morgan fingerprint density at radius 1 is 1.09 bits per heavy atom. The van der Waals surface area contributed by atoms with Crippen LogP contribution in [0.2, 0.25) is 0 Å². The van der Waals surface area contributed by atoms with Crippen LogP contribution in [0.15, 0.2) is 15.9 Å². The fourth-order valence-electron chi connectivity index (χ4n) is 2.13. The van der Waals surface area contributed by atoms with Crippen LogP contribution in [0, 0.1) is 0 Å². The molecule has 0 aliphatic heterocycles. The molecule has 15 heteroatoms. The van der Waals surface area contributed by atoms with Gasteiger partial charge in [-0.3, -0.25) is 0 Å². The fraction of sp³-hybridized carbons (Fsp3) is 0.500. The maximum absolute atomic E-state index is 11.9. The number of carbonyl (C=O) groups is 3. The van der Waals surface area contributed by atoms with Crippen molar-refractivity contribution >= 4 is 56.7 Å². The van der Waals surface area contributed by atoms with Gasteiger partial charge in [-0.1, -0.05) is 12.6 Å². The molecule has 0 aliphatic carbocycles. The molecule has 0 saturated heterocycles. The molecule has 13 nitrogen and oxygen atoms in total. The lowest BCUT2D eigenvalue weighted by molar-refractivity contribution is -0.146. The van der Waals surface area contributed by atoms with Gasteiger partial charge in [-0.15, -0.1) is 22.7 Å². The Balaban J connectivity index is 0.000000680. The second kappa shape index (κ2) is 14.7. The van der Waals surface area contributed by atoms with E-state index >= 15 is 0 Å². The third-order valence-electron chi connectivity index (χ3n) is 3.35. The molecular weight excluding hydrogens is 500 g/mol. The second-order valence-corrected chi connectivity index (χ2v) is 8.96. The van der Waals surface area contributed by atoms with Crippen LogP contribution in [0.3, 0.4) is 0 Å². The molecule has 6 N–H and O–H groups in total. The first-order valence-corrected chi connectivity index (χ1v) is 11.6. The molecule has 2 aromatic rings. The first-order valence-electron chi connectivity index (χ1n) is 9.89. The van der Waals surface area contributed by atoms with E-state index in [1.165, 1.54) is 16.7 Å². The molecule has 1 unspecified atom stereocenters. The molecule has 0 fully saturated rings. The number of amides is 1. The van der Waals surface area contributed by atoms with Crippen LogP contribution in [-0.4, -0.2) is 57.7 Å². The zero-order chi connectivity index (χ0) is 25.9. The average molecular weight is 533 g/mol. The van der Waals surface area contributed by atoms with Gasteiger partial charge in [0.25, 0.3) is 0 Å². The van der Waals surface area contributed by atoms with E-state index in [1.54, 1.807) is 40.0 Å². The zero-order valence-corrected chi connectivity index (χ0v) is 21.0. The first kappa shape index (κ1) is 31.5. The molecule has 0 aromatic carbocycles. The minimum atomic E-state index is -1.03. The molecule has 2 aromatic heterocycles. The smallest absolute Gasteiger partial charge is 0.408 e. The van der Waals surface area contributed by atoms with Crippen LogP contribution in [0.5, 0.6) is 0 Å². The van der Waals surface area contributed by atoms with Crippen molar-refractivity contribution in [2.75, 3.05) is 24.7 Å². The number of alkyl carbamates (subject to hydrolysis) is 1. The number of aromatic nitrogens is 2. The second-order valence-electron chi connectivity index (χ2n) is 7.18. The minimum absolute atomic E-state index is 0. The van der Waals surface area contributed by atoms with Crippen molar-refractivity contribution in [3.05, 3.63) is 22.1 Å². The summed E-state index contributed by atoms with van der Waals surface area (Å²) in [5.74, 6) is -1.33. The number of rotatable bonds is 7. The predicted molar refractivity (Wildman–Crippen MR) is 133 cm³/mol. The van der Waals surface area contributed by atoms with Crippen molar-refractivity contribution in [3.8, 4) is 0 Å². The van der Waals surface area contributed by atoms with Gasteiger partial charge in [-0.25, -0.2) is 24.4 Å². The van der Waals surface area contributed by atoms with Crippen LogP contribution in [-0.2, 0) is 23.8 Å². The maximum atomic E-state index is 11.9. The van der Waals surface area contributed by atoms with E-state index in [4.69, 9.17) is 26.1 Å². The van der Waals surface area contributed by atoms with E-state index in [2.05, 4.69) is 25.2 Å². The number of thiazole rings is 2. The van der Waals surface area contributed by atoms with Gasteiger partial charge in [0, 0.05) is 10.8 Å². The highest BCUT2D eigenvalue weighted by Gasteiger charge is 2.28. The van der Waals surface area contributed by atoms with Crippen molar-refractivity contribution in [1.29, 1.82) is 0 Å². The van der Waals surface area contributed by atoms with Gasteiger partial charge in [0.2, 0.25) is 5.71 Å². The molecule has 0 radical (unpaired) electrons. The summed E-state index contributed by atoms with van der Waals surface area (Å²) in [6.45, 7) is 8.93. The van der Waals surface area contributed by atoms with E-state index in [1.807, 2.05) is 0 Å².